The van der Waals surface area contributed by atoms with E-state index < -0.39 is 10.0 Å². The number of carbonyl (C=O) groups excluding carboxylic acids is 1. The molecule has 0 radical (unpaired) electrons. The highest BCUT2D eigenvalue weighted by Crippen LogP contribution is 2.26. The number of amides is 1. The van der Waals surface area contributed by atoms with Crippen LogP contribution in [0.3, 0.4) is 0 Å². The third-order valence-electron chi connectivity index (χ3n) is 4.69. The number of carbonyl (C=O) groups is 1. The van der Waals surface area contributed by atoms with E-state index in [2.05, 4.69) is 0 Å². The Hall–Kier alpha value is -2.58. The average Bonchev–Trinajstić information content (AvgIpc) is 2.73. The highest BCUT2D eigenvalue weighted by molar-refractivity contribution is 7.92. The van der Waals surface area contributed by atoms with Gasteiger partial charge < -0.3 is 14.4 Å². The molecule has 2 aromatic rings. The fourth-order valence-corrected chi connectivity index (χ4v) is 4.48. The van der Waals surface area contributed by atoms with Gasteiger partial charge in [0.2, 0.25) is 5.91 Å². The Kier molecular flexibility index (Phi) is 6.76. The number of aryl methyl sites for hydroxylation is 1. The maximum Gasteiger partial charge on any atom is 0.264 e. The second kappa shape index (κ2) is 9.28. The molecule has 0 saturated carbocycles. The fourth-order valence-electron chi connectivity index (χ4n) is 3.06. The SMILES string of the molecule is CCOc1ccc(N(CC(=O)N2CCOCC2)S(=O)(=O)c2ccc(C)cc2)cc1. The molecule has 1 saturated heterocycles. The van der Waals surface area contributed by atoms with E-state index in [1.807, 2.05) is 13.8 Å². The third-order valence-corrected chi connectivity index (χ3v) is 6.48. The molecule has 7 nitrogen and oxygen atoms in total. The lowest BCUT2D eigenvalue weighted by Crippen LogP contribution is -2.47. The number of nitrogens with zero attached hydrogens (tertiary/aromatic N) is 2. The molecular formula is C21H26N2O5S. The maximum absolute atomic E-state index is 13.4. The van der Waals surface area contributed by atoms with Crippen LogP contribution in [0.15, 0.2) is 53.4 Å². The molecule has 1 aliphatic rings. The Morgan fingerprint density at radius 3 is 2.28 bits per heavy atom. The van der Waals surface area contributed by atoms with Gasteiger partial charge in [0.1, 0.15) is 12.3 Å². The number of sulfonamides is 1. The molecule has 1 amide bonds. The molecule has 0 unspecified atom stereocenters. The van der Waals surface area contributed by atoms with Gasteiger partial charge in [0.05, 0.1) is 30.4 Å². The van der Waals surface area contributed by atoms with Gasteiger partial charge in [-0.15, -0.1) is 0 Å². The van der Waals surface area contributed by atoms with Crippen molar-refractivity contribution in [2.24, 2.45) is 0 Å². The lowest BCUT2D eigenvalue weighted by molar-refractivity contribution is -0.133. The van der Waals surface area contributed by atoms with Crippen LogP contribution < -0.4 is 9.04 Å². The minimum Gasteiger partial charge on any atom is -0.494 e. The maximum atomic E-state index is 13.4. The van der Waals surface area contributed by atoms with Crippen LogP contribution in [-0.4, -0.2) is 58.7 Å². The summed E-state index contributed by atoms with van der Waals surface area (Å²) < 4.78 is 38.6. The van der Waals surface area contributed by atoms with Crippen LogP contribution in [-0.2, 0) is 19.6 Å². The summed E-state index contributed by atoms with van der Waals surface area (Å²) in [4.78, 5) is 14.6. The summed E-state index contributed by atoms with van der Waals surface area (Å²) in [6, 6.07) is 13.3. The molecule has 0 bridgehead atoms. The Morgan fingerprint density at radius 1 is 1.07 bits per heavy atom. The molecule has 29 heavy (non-hydrogen) atoms. The molecule has 0 aliphatic carbocycles. The molecule has 1 fully saturated rings. The summed E-state index contributed by atoms with van der Waals surface area (Å²) in [5.41, 5.74) is 1.37. The van der Waals surface area contributed by atoms with Crippen molar-refractivity contribution in [2.45, 2.75) is 18.7 Å². The van der Waals surface area contributed by atoms with E-state index in [1.54, 1.807) is 53.4 Å². The summed E-state index contributed by atoms with van der Waals surface area (Å²) >= 11 is 0. The van der Waals surface area contributed by atoms with Gasteiger partial charge in [0.25, 0.3) is 10.0 Å². The molecule has 1 heterocycles. The summed E-state index contributed by atoms with van der Waals surface area (Å²) in [6.45, 7) is 5.84. The summed E-state index contributed by atoms with van der Waals surface area (Å²) in [5.74, 6) is 0.390. The molecule has 1 aliphatic heterocycles. The number of ether oxygens (including phenoxy) is 2. The summed E-state index contributed by atoms with van der Waals surface area (Å²) in [7, 11) is -3.92. The molecule has 0 spiro atoms. The Bertz CT molecular complexity index is 921. The van der Waals surface area contributed by atoms with Crippen LogP contribution in [0, 0.1) is 6.92 Å². The van der Waals surface area contributed by atoms with Crippen molar-refractivity contribution in [1.82, 2.24) is 4.90 Å². The predicted molar refractivity (Wildman–Crippen MR) is 111 cm³/mol. The van der Waals surface area contributed by atoms with Crippen molar-refractivity contribution in [3.8, 4) is 5.75 Å². The second-order valence-corrected chi connectivity index (χ2v) is 8.61. The van der Waals surface area contributed by atoms with Crippen molar-refractivity contribution in [2.75, 3.05) is 43.8 Å². The minimum atomic E-state index is -3.92. The normalized spacial score (nSPS) is 14.5. The standard InChI is InChI=1S/C21H26N2O5S/c1-3-28-19-8-6-18(7-9-19)23(16-21(24)22-12-14-27-15-13-22)29(25,26)20-10-4-17(2)5-11-20/h4-11H,3,12-16H2,1-2H3. The smallest absolute Gasteiger partial charge is 0.264 e. The highest BCUT2D eigenvalue weighted by atomic mass is 32.2. The van der Waals surface area contributed by atoms with Gasteiger partial charge in [-0.25, -0.2) is 8.42 Å². The van der Waals surface area contributed by atoms with E-state index in [1.165, 1.54) is 0 Å². The molecule has 2 aromatic carbocycles. The van der Waals surface area contributed by atoms with E-state index in [4.69, 9.17) is 9.47 Å². The van der Waals surface area contributed by atoms with Gasteiger partial charge >= 0.3 is 0 Å². The second-order valence-electron chi connectivity index (χ2n) is 6.74. The van der Waals surface area contributed by atoms with Gasteiger partial charge in [-0.1, -0.05) is 17.7 Å². The van der Waals surface area contributed by atoms with Crippen LogP contribution >= 0.6 is 0 Å². The predicted octanol–water partition coefficient (Wildman–Crippen LogP) is 2.45. The number of hydrogen-bond donors (Lipinski definition) is 0. The van der Waals surface area contributed by atoms with Crippen molar-refractivity contribution in [3.05, 3.63) is 54.1 Å². The van der Waals surface area contributed by atoms with Crippen molar-refractivity contribution in [1.29, 1.82) is 0 Å². The number of benzene rings is 2. The lowest BCUT2D eigenvalue weighted by atomic mass is 10.2. The Morgan fingerprint density at radius 2 is 1.69 bits per heavy atom. The lowest BCUT2D eigenvalue weighted by Gasteiger charge is -2.30. The third kappa shape index (κ3) is 5.07. The summed E-state index contributed by atoms with van der Waals surface area (Å²) in [5, 5.41) is 0. The molecule has 3 rings (SSSR count). The first-order valence-corrected chi connectivity index (χ1v) is 11.0. The van der Waals surface area contributed by atoms with Gasteiger partial charge in [0, 0.05) is 13.1 Å². The first-order chi connectivity index (χ1) is 13.9. The van der Waals surface area contributed by atoms with Crippen molar-refractivity contribution < 1.29 is 22.7 Å². The number of hydrogen-bond acceptors (Lipinski definition) is 5. The first kappa shape index (κ1) is 21.1. The highest BCUT2D eigenvalue weighted by Gasteiger charge is 2.29. The largest absolute Gasteiger partial charge is 0.494 e. The van der Waals surface area contributed by atoms with Crippen LogP contribution in [0.1, 0.15) is 12.5 Å². The Balaban J connectivity index is 1.93. The Labute approximate surface area is 171 Å². The van der Waals surface area contributed by atoms with Gasteiger partial charge in [-0.3, -0.25) is 9.10 Å². The van der Waals surface area contributed by atoms with Crippen molar-refractivity contribution in [3.63, 3.8) is 0 Å². The average molecular weight is 419 g/mol. The molecule has 0 aromatic heterocycles. The summed E-state index contributed by atoms with van der Waals surface area (Å²) in [6.07, 6.45) is 0. The van der Waals surface area contributed by atoms with Crippen LogP contribution in [0.25, 0.3) is 0 Å². The molecule has 156 valence electrons. The zero-order valence-corrected chi connectivity index (χ0v) is 17.5. The minimum absolute atomic E-state index is 0.145. The zero-order valence-electron chi connectivity index (χ0n) is 16.7. The van der Waals surface area contributed by atoms with E-state index in [9.17, 15) is 13.2 Å². The van der Waals surface area contributed by atoms with E-state index in [-0.39, 0.29) is 17.3 Å². The van der Waals surface area contributed by atoms with Crippen molar-refractivity contribution >= 4 is 21.6 Å². The zero-order chi connectivity index (χ0) is 20.9. The number of rotatable bonds is 7. The van der Waals surface area contributed by atoms with Crippen LogP contribution in [0.4, 0.5) is 5.69 Å². The molecule has 0 N–H and O–H groups in total. The molecule has 8 heteroatoms. The molecule has 0 atom stereocenters. The number of morpholine rings is 1. The van der Waals surface area contributed by atoms with Gasteiger partial charge in [-0.2, -0.15) is 0 Å². The molecular weight excluding hydrogens is 392 g/mol. The number of anilines is 1. The monoisotopic (exact) mass is 418 g/mol. The van der Waals surface area contributed by atoms with E-state index >= 15 is 0 Å². The van der Waals surface area contributed by atoms with E-state index in [0.717, 1.165) is 9.87 Å². The van der Waals surface area contributed by atoms with Crippen LogP contribution in [0.5, 0.6) is 5.75 Å². The fraction of sp³-hybridized carbons (Fsp3) is 0.381. The first-order valence-electron chi connectivity index (χ1n) is 9.59. The van der Waals surface area contributed by atoms with Gasteiger partial charge in [-0.05, 0) is 50.2 Å². The quantitative estimate of drug-likeness (QED) is 0.690. The van der Waals surface area contributed by atoms with Crippen LogP contribution in [0.2, 0.25) is 0 Å². The van der Waals surface area contributed by atoms with Gasteiger partial charge in [0.15, 0.2) is 0 Å². The topological polar surface area (TPSA) is 76.2 Å². The van der Waals surface area contributed by atoms with E-state index in [0.29, 0.717) is 44.3 Å².